The van der Waals surface area contributed by atoms with Gasteiger partial charge < -0.3 is 0 Å². The van der Waals surface area contributed by atoms with Crippen LogP contribution in [0.5, 0.6) is 0 Å². The van der Waals surface area contributed by atoms with E-state index in [1.807, 2.05) is 0 Å². The quantitative estimate of drug-likeness (QED) is 0.296. The number of fused-ring (bicyclic) bond motifs is 1. The van der Waals surface area contributed by atoms with Crippen molar-refractivity contribution in [3.05, 3.63) is 35.4 Å². The van der Waals surface area contributed by atoms with Gasteiger partial charge in [0.1, 0.15) is 0 Å². The van der Waals surface area contributed by atoms with Crippen molar-refractivity contribution in [3.63, 3.8) is 0 Å². The highest BCUT2D eigenvalue weighted by Crippen LogP contribution is 2.33. The van der Waals surface area contributed by atoms with Crippen molar-refractivity contribution >= 4 is 35.4 Å². The molecule has 0 saturated carbocycles. The maximum Gasteiger partial charge on any atom is 0.271 e. The van der Waals surface area contributed by atoms with Crippen molar-refractivity contribution < 1.29 is 9.59 Å². The lowest BCUT2D eigenvalue weighted by Crippen LogP contribution is -2.24. The zero-order chi connectivity index (χ0) is 15.2. The molecule has 0 bridgehead atoms. The number of unbranched alkanes of at least 4 members (excludes halogenated alkanes) is 4. The molecule has 0 spiro atoms. The van der Waals surface area contributed by atoms with Gasteiger partial charge in [-0.15, -0.1) is 11.6 Å². The Kier molecular flexibility index (Phi) is 6.12. The molecule has 2 rings (SSSR count). The second kappa shape index (κ2) is 7.85. The van der Waals surface area contributed by atoms with E-state index in [1.165, 1.54) is 23.6 Å². The fourth-order valence-corrected chi connectivity index (χ4v) is 3.62. The zero-order valence-corrected chi connectivity index (χ0v) is 13.8. The van der Waals surface area contributed by atoms with Crippen molar-refractivity contribution in [2.24, 2.45) is 0 Å². The third-order valence-corrected chi connectivity index (χ3v) is 4.98. The molecule has 0 saturated heterocycles. The number of hydrogen-bond donors (Lipinski definition) is 0. The maximum absolute atomic E-state index is 12.2. The molecule has 3 nitrogen and oxygen atoms in total. The number of carbonyl (C=O) groups excluding carboxylic acids is 2. The molecule has 114 valence electrons. The molecule has 5 heteroatoms. The molecule has 1 atom stereocenters. The average Bonchev–Trinajstić information content (AvgIpc) is 2.73. The summed E-state index contributed by atoms with van der Waals surface area (Å²) in [5, 5.41) is 0. The van der Waals surface area contributed by atoms with Gasteiger partial charge in [0.2, 0.25) is 0 Å². The number of halogens is 1. The van der Waals surface area contributed by atoms with E-state index in [2.05, 4.69) is 6.92 Å². The highest BCUT2D eigenvalue weighted by atomic mass is 35.5. The van der Waals surface area contributed by atoms with Crippen molar-refractivity contribution in [2.45, 2.75) is 50.2 Å². The van der Waals surface area contributed by atoms with Crippen LogP contribution < -0.4 is 0 Å². The van der Waals surface area contributed by atoms with Gasteiger partial charge >= 0.3 is 0 Å². The van der Waals surface area contributed by atoms with Crippen molar-refractivity contribution in [2.75, 3.05) is 0 Å². The summed E-state index contributed by atoms with van der Waals surface area (Å²) >= 11 is 7.41. The van der Waals surface area contributed by atoms with Gasteiger partial charge in [-0.2, -0.15) is 0 Å². The number of amides is 2. The first-order valence-electron chi connectivity index (χ1n) is 7.43. The molecule has 1 aromatic carbocycles. The average molecular weight is 326 g/mol. The highest BCUT2D eigenvalue weighted by Gasteiger charge is 2.36. The lowest BCUT2D eigenvalue weighted by molar-refractivity contribution is 0.0776. The highest BCUT2D eigenvalue weighted by molar-refractivity contribution is 7.99. The maximum atomic E-state index is 12.2. The molecule has 0 fully saturated rings. The third kappa shape index (κ3) is 4.01. The molecule has 1 aliphatic heterocycles. The molecule has 0 aliphatic carbocycles. The molecular formula is C16H20ClNO2S. The van der Waals surface area contributed by atoms with Crippen LogP contribution in [0.4, 0.5) is 0 Å². The minimum absolute atomic E-state index is 0.242. The SMILES string of the molecule is CCCCCCCC(Cl)SN1C(=O)c2ccccc2C1=O. The molecule has 1 unspecified atom stereocenters. The number of rotatable bonds is 8. The number of alkyl halides is 1. The summed E-state index contributed by atoms with van der Waals surface area (Å²) in [4.78, 5) is 24.4. The molecular weight excluding hydrogens is 306 g/mol. The molecule has 1 aliphatic rings. The molecule has 21 heavy (non-hydrogen) atoms. The van der Waals surface area contributed by atoms with Crippen LogP contribution in [0.1, 0.15) is 66.2 Å². The van der Waals surface area contributed by atoms with E-state index in [9.17, 15) is 9.59 Å². The van der Waals surface area contributed by atoms with E-state index in [-0.39, 0.29) is 16.5 Å². The second-order valence-corrected chi connectivity index (χ2v) is 7.10. The Morgan fingerprint density at radius 2 is 1.62 bits per heavy atom. The first kappa shape index (κ1) is 16.4. The van der Waals surface area contributed by atoms with E-state index in [0.717, 1.165) is 31.2 Å². The van der Waals surface area contributed by atoms with Crippen LogP contribution in [-0.2, 0) is 0 Å². The Labute approximate surface area is 135 Å². The van der Waals surface area contributed by atoms with Gasteiger partial charge in [0.25, 0.3) is 11.8 Å². The lowest BCUT2D eigenvalue weighted by Gasteiger charge is -2.16. The Hall–Kier alpha value is -1.00. The summed E-state index contributed by atoms with van der Waals surface area (Å²) in [5.74, 6) is -0.505. The lowest BCUT2D eigenvalue weighted by atomic mass is 10.1. The van der Waals surface area contributed by atoms with Crippen LogP contribution >= 0.6 is 23.5 Å². The van der Waals surface area contributed by atoms with Gasteiger partial charge in [0.05, 0.1) is 15.8 Å². The third-order valence-electron chi connectivity index (χ3n) is 3.51. The van der Waals surface area contributed by atoms with E-state index in [4.69, 9.17) is 11.6 Å². The standard InChI is InChI=1S/C16H20ClNO2S/c1-2-3-4-5-6-11-14(17)21-18-15(19)12-9-7-8-10-13(12)16(18)20/h7-10,14H,2-6,11H2,1H3. The summed E-state index contributed by atoms with van der Waals surface area (Å²) in [6, 6.07) is 6.91. The fraction of sp³-hybridized carbons (Fsp3) is 0.500. The minimum Gasteiger partial charge on any atom is -0.268 e. The molecule has 0 N–H and O–H groups in total. The summed E-state index contributed by atoms with van der Waals surface area (Å²) in [5.41, 5.74) is 0.948. The summed E-state index contributed by atoms with van der Waals surface area (Å²) < 4.78 is 0.961. The molecule has 1 heterocycles. The van der Waals surface area contributed by atoms with Crippen molar-refractivity contribution in [3.8, 4) is 0 Å². The van der Waals surface area contributed by atoms with Crippen LogP contribution in [-0.4, -0.2) is 20.8 Å². The first-order chi connectivity index (χ1) is 10.1. The predicted octanol–water partition coefficient (Wildman–Crippen LogP) is 4.86. The second-order valence-electron chi connectivity index (χ2n) is 5.17. The molecule has 1 aromatic rings. The van der Waals surface area contributed by atoms with Crippen LogP contribution in [0, 0.1) is 0 Å². The van der Waals surface area contributed by atoms with Gasteiger partial charge in [0, 0.05) is 0 Å². The normalized spacial score (nSPS) is 15.4. The molecule has 2 amide bonds. The number of benzene rings is 1. The van der Waals surface area contributed by atoms with Crippen LogP contribution in [0.15, 0.2) is 24.3 Å². The Morgan fingerprint density at radius 1 is 1.05 bits per heavy atom. The van der Waals surface area contributed by atoms with Gasteiger partial charge in [-0.3, -0.25) is 9.59 Å². The summed E-state index contributed by atoms with van der Waals surface area (Å²) in [6.07, 6.45) is 6.68. The number of hydrogen-bond acceptors (Lipinski definition) is 3. The van der Waals surface area contributed by atoms with Crippen LogP contribution in [0.2, 0.25) is 0 Å². The van der Waals surface area contributed by atoms with E-state index in [0.29, 0.717) is 11.1 Å². The minimum atomic E-state index is -0.253. The van der Waals surface area contributed by atoms with Gasteiger partial charge in [0.15, 0.2) is 0 Å². The fourth-order valence-electron chi connectivity index (χ4n) is 2.34. The first-order valence-corrected chi connectivity index (χ1v) is 8.71. The smallest absolute Gasteiger partial charge is 0.268 e. The number of imide groups is 1. The largest absolute Gasteiger partial charge is 0.271 e. The van der Waals surface area contributed by atoms with Gasteiger partial charge in [-0.25, -0.2) is 4.31 Å². The Morgan fingerprint density at radius 3 is 2.19 bits per heavy atom. The summed E-state index contributed by atoms with van der Waals surface area (Å²) in [6.45, 7) is 2.18. The molecule has 0 aromatic heterocycles. The van der Waals surface area contributed by atoms with Crippen LogP contribution in [0.25, 0.3) is 0 Å². The van der Waals surface area contributed by atoms with E-state index < -0.39 is 0 Å². The van der Waals surface area contributed by atoms with E-state index >= 15 is 0 Å². The monoisotopic (exact) mass is 325 g/mol. The predicted molar refractivity (Wildman–Crippen MR) is 87.6 cm³/mol. The van der Waals surface area contributed by atoms with Crippen LogP contribution in [0.3, 0.4) is 0 Å². The van der Waals surface area contributed by atoms with E-state index in [1.54, 1.807) is 24.3 Å². The van der Waals surface area contributed by atoms with Crippen molar-refractivity contribution in [1.82, 2.24) is 4.31 Å². The molecule has 0 radical (unpaired) electrons. The van der Waals surface area contributed by atoms with Crippen molar-refractivity contribution in [1.29, 1.82) is 0 Å². The zero-order valence-electron chi connectivity index (χ0n) is 12.2. The van der Waals surface area contributed by atoms with Gasteiger partial charge in [-0.05, 0) is 30.5 Å². The number of nitrogens with zero attached hydrogens (tertiary/aromatic N) is 1. The topological polar surface area (TPSA) is 37.4 Å². The Bertz CT molecular complexity index is 486. The number of carbonyl (C=O) groups is 2. The van der Waals surface area contributed by atoms with Gasteiger partial charge in [-0.1, -0.05) is 51.2 Å². The Balaban J connectivity index is 1.84. The summed E-state index contributed by atoms with van der Waals surface area (Å²) in [7, 11) is 0.